The Morgan fingerprint density at radius 3 is 2.84 bits per heavy atom. The van der Waals surface area contributed by atoms with Crippen LogP contribution in [0.15, 0.2) is 42.7 Å². The van der Waals surface area contributed by atoms with E-state index in [1.54, 1.807) is 0 Å². The van der Waals surface area contributed by atoms with Gasteiger partial charge >= 0.3 is 0 Å². The summed E-state index contributed by atoms with van der Waals surface area (Å²) in [6.45, 7) is 9.64. The first kappa shape index (κ1) is 16.2. The minimum absolute atomic E-state index is 0.999. The summed E-state index contributed by atoms with van der Waals surface area (Å²) in [6.07, 6.45) is 11.7. The van der Waals surface area contributed by atoms with Crippen molar-refractivity contribution in [3.8, 4) is 11.3 Å². The van der Waals surface area contributed by atoms with E-state index in [2.05, 4.69) is 60.4 Å². The normalized spacial score (nSPS) is 16.0. The van der Waals surface area contributed by atoms with E-state index in [1.807, 2.05) is 0 Å². The van der Waals surface area contributed by atoms with Crippen LogP contribution in [0.3, 0.4) is 0 Å². The highest BCUT2D eigenvalue weighted by Gasteiger charge is 2.23. The van der Waals surface area contributed by atoms with Crippen molar-refractivity contribution in [1.82, 2.24) is 9.55 Å². The Labute approximate surface area is 150 Å². The summed E-state index contributed by atoms with van der Waals surface area (Å²) in [4.78, 5) is 7.33. The molecule has 0 fully saturated rings. The van der Waals surface area contributed by atoms with Gasteiger partial charge in [-0.25, -0.2) is 4.98 Å². The fourth-order valence-electron chi connectivity index (χ4n) is 3.99. The number of aromatic nitrogens is 2. The molecule has 3 nitrogen and oxygen atoms in total. The summed E-state index contributed by atoms with van der Waals surface area (Å²) in [5, 5.41) is 0. The van der Waals surface area contributed by atoms with Gasteiger partial charge < -0.3 is 4.90 Å². The third-order valence-electron chi connectivity index (χ3n) is 5.42. The zero-order valence-electron chi connectivity index (χ0n) is 15.4. The van der Waals surface area contributed by atoms with Crippen molar-refractivity contribution in [2.24, 2.45) is 0 Å². The lowest BCUT2D eigenvalue weighted by Crippen LogP contribution is -2.28. The van der Waals surface area contributed by atoms with E-state index in [4.69, 9.17) is 4.98 Å². The van der Waals surface area contributed by atoms with Gasteiger partial charge in [0, 0.05) is 29.7 Å². The van der Waals surface area contributed by atoms with Crippen LogP contribution < -0.4 is 4.90 Å². The summed E-state index contributed by atoms with van der Waals surface area (Å²) in [6, 6.07) is 6.84. The van der Waals surface area contributed by atoms with E-state index in [0.717, 1.165) is 23.9 Å². The summed E-state index contributed by atoms with van der Waals surface area (Å²) in [5.74, 6) is 1.01. The van der Waals surface area contributed by atoms with Crippen LogP contribution in [0, 0.1) is 0 Å². The molecule has 2 aromatic rings. The van der Waals surface area contributed by atoms with Crippen LogP contribution in [0.5, 0.6) is 0 Å². The third kappa shape index (κ3) is 2.92. The van der Waals surface area contributed by atoms with Crippen LogP contribution in [0.4, 0.5) is 5.95 Å². The predicted octanol–water partition coefficient (Wildman–Crippen LogP) is 5.42. The fourth-order valence-corrected chi connectivity index (χ4v) is 3.99. The number of fused-ring (bicyclic) bond motifs is 2. The van der Waals surface area contributed by atoms with Gasteiger partial charge in [-0.2, -0.15) is 0 Å². The smallest absolute Gasteiger partial charge is 0.215 e. The van der Waals surface area contributed by atoms with Crippen LogP contribution in [0.2, 0.25) is 0 Å². The van der Waals surface area contributed by atoms with Gasteiger partial charge in [-0.1, -0.05) is 38.5 Å². The molecule has 1 aliphatic carbocycles. The van der Waals surface area contributed by atoms with Crippen molar-refractivity contribution in [1.29, 1.82) is 0 Å². The second-order valence-corrected chi connectivity index (χ2v) is 7.27. The van der Waals surface area contributed by atoms with Gasteiger partial charge in [0.1, 0.15) is 0 Å². The Hall–Kier alpha value is -2.29. The molecular weight excluding hydrogens is 306 g/mol. The molecule has 0 radical (unpaired) electrons. The van der Waals surface area contributed by atoms with Crippen LogP contribution in [0.1, 0.15) is 50.7 Å². The van der Waals surface area contributed by atoms with E-state index >= 15 is 0 Å². The Kier molecular flexibility index (Phi) is 4.24. The zero-order valence-corrected chi connectivity index (χ0v) is 15.4. The first-order valence-corrected chi connectivity index (χ1v) is 9.54. The van der Waals surface area contributed by atoms with Crippen molar-refractivity contribution >= 4 is 11.6 Å². The summed E-state index contributed by atoms with van der Waals surface area (Å²) in [7, 11) is 0. The molecule has 2 heterocycles. The average molecular weight is 333 g/mol. The topological polar surface area (TPSA) is 21.1 Å². The number of unbranched alkanes of at least 4 members (excludes halogenated alkanes) is 2. The first-order valence-electron chi connectivity index (χ1n) is 9.54. The molecule has 0 spiro atoms. The molecule has 1 aliphatic heterocycles. The molecule has 1 aromatic heterocycles. The maximum atomic E-state index is 4.99. The standard InChI is InChI=1S/C22H27N3/c1-4-5-6-12-24-16(2)13-17(3)25-15-21(23-22(24)25)20-11-10-18-8-7-9-19(18)14-20/h10-11,13-15H,3-9,12H2,1-2H3. The van der Waals surface area contributed by atoms with Crippen LogP contribution in [-0.4, -0.2) is 16.1 Å². The molecule has 2 aliphatic rings. The van der Waals surface area contributed by atoms with Crippen LogP contribution in [-0.2, 0) is 12.8 Å². The SMILES string of the molecule is C=C1C=C(C)N(CCCCC)c2nc(-c3ccc4c(c3)CCC4)cn21. The second kappa shape index (κ2) is 6.55. The second-order valence-electron chi connectivity index (χ2n) is 7.27. The van der Waals surface area contributed by atoms with E-state index in [0.29, 0.717) is 0 Å². The van der Waals surface area contributed by atoms with Crippen molar-refractivity contribution in [3.05, 3.63) is 53.9 Å². The summed E-state index contributed by atoms with van der Waals surface area (Å²) in [5.41, 5.74) is 7.52. The van der Waals surface area contributed by atoms with Crippen molar-refractivity contribution in [2.45, 2.75) is 52.4 Å². The van der Waals surface area contributed by atoms with E-state index in [1.165, 1.54) is 60.9 Å². The van der Waals surface area contributed by atoms with Crippen molar-refractivity contribution in [3.63, 3.8) is 0 Å². The molecule has 4 rings (SSSR count). The van der Waals surface area contributed by atoms with E-state index < -0.39 is 0 Å². The largest absolute Gasteiger partial charge is 0.316 e. The van der Waals surface area contributed by atoms with Crippen LogP contribution in [0.25, 0.3) is 17.0 Å². The van der Waals surface area contributed by atoms with E-state index in [9.17, 15) is 0 Å². The molecule has 0 bridgehead atoms. The Morgan fingerprint density at radius 2 is 2.00 bits per heavy atom. The molecule has 0 saturated carbocycles. The van der Waals surface area contributed by atoms with Crippen LogP contribution >= 0.6 is 0 Å². The van der Waals surface area contributed by atoms with Gasteiger partial charge in [-0.05, 0) is 55.9 Å². The number of hydrogen-bond acceptors (Lipinski definition) is 2. The molecule has 130 valence electrons. The quantitative estimate of drug-likeness (QED) is 0.681. The lowest BCUT2D eigenvalue weighted by Gasteiger charge is -2.29. The van der Waals surface area contributed by atoms with Gasteiger partial charge in [-0.15, -0.1) is 0 Å². The summed E-state index contributed by atoms with van der Waals surface area (Å²) < 4.78 is 2.14. The molecule has 25 heavy (non-hydrogen) atoms. The number of allylic oxidation sites excluding steroid dienone is 3. The number of imidazole rings is 1. The number of nitrogens with zero attached hydrogens (tertiary/aromatic N) is 3. The van der Waals surface area contributed by atoms with Gasteiger partial charge in [0.15, 0.2) is 0 Å². The zero-order chi connectivity index (χ0) is 17.4. The molecule has 0 saturated heterocycles. The molecule has 3 heteroatoms. The molecule has 0 atom stereocenters. The Balaban J connectivity index is 1.68. The monoisotopic (exact) mass is 333 g/mol. The minimum atomic E-state index is 0.999. The maximum absolute atomic E-state index is 4.99. The number of benzene rings is 1. The lowest BCUT2D eigenvalue weighted by atomic mass is 10.0. The highest BCUT2D eigenvalue weighted by atomic mass is 15.3. The highest BCUT2D eigenvalue weighted by Crippen LogP contribution is 2.34. The minimum Gasteiger partial charge on any atom is -0.316 e. The number of rotatable bonds is 5. The van der Waals surface area contributed by atoms with Gasteiger partial charge in [0.25, 0.3) is 0 Å². The molecule has 1 aromatic carbocycles. The number of anilines is 1. The third-order valence-corrected chi connectivity index (χ3v) is 5.42. The van der Waals surface area contributed by atoms with Crippen molar-refractivity contribution < 1.29 is 0 Å². The molecule has 0 amide bonds. The lowest BCUT2D eigenvalue weighted by molar-refractivity contribution is 0.691. The van der Waals surface area contributed by atoms with Crippen molar-refractivity contribution in [2.75, 3.05) is 11.4 Å². The molecular formula is C22H27N3. The fraction of sp³-hybridized carbons (Fsp3) is 0.409. The van der Waals surface area contributed by atoms with Gasteiger partial charge in [0.2, 0.25) is 5.95 Å². The highest BCUT2D eigenvalue weighted by molar-refractivity contribution is 5.72. The average Bonchev–Trinajstić information content (AvgIpc) is 3.24. The first-order chi connectivity index (χ1) is 12.2. The predicted molar refractivity (Wildman–Crippen MR) is 106 cm³/mol. The Morgan fingerprint density at radius 1 is 1.16 bits per heavy atom. The summed E-state index contributed by atoms with van der Waals surface area (Å²) >= 11 is 0. The van der Waals surface area contributed by atoms with Gasteiger partial charge in [-0.3, -0.25) is 4.57 Å². The van der Waals surface area contributed by atoms with E-state index in [-0.39, 0.29) is 0 Å². The molecule has 0 N–H and O–H groups in total. The van der Waals surface area contributed by atoms with Gasteiger partial charge in [0.05, 0.1) is 5.69 Å². The Bertz CT molecular complexity index is 841. The molecule has 0 unspecified atom stereocenters. The number of hydrogen-bond donors (Lipinski definition) is 0. The number of aryl methyl sites for hydroxylation is 2. The maximum Gasteiger partial charge on any atom is 0.215 e.